The molecular weight excluding hydrogens is 286 g/mol. The van der Waals surface area contributed by atoms with Crippen LogP contribution in [0.1, 0.15) is 27.2 Å². The molecule has 0 saturated heterocycles. The highest BCUT2D eigenvalue weighted by atomic mass is 32.2. The van der Waals surface area contributed by atoms with Crippen LogP contribution in [0.15, 0.2) is 0 Å². The first-order valence-corrected chi connectivity index (χ1v) is 8.05. The molecule has 0 rings (SSSR count). The normalized spacial score (nSPS) is 13.6. The monoisotopic (exact) mass is 309 g/mol. The van der Waals surface area contributed by atoms with Crippen LogP contribution in [-0.2, 0) is 14.8 Å². The van der Waals surface area contributed by atoms with Crippen LogP contribution in [0.25, 0.3) is 0 Å². The highest BCUT2D eigenvalue weighted by Gasteiger charge is 2.31. The van der Waals surface area contributed by atoms with Gasteiger partial charge in [-0.15, -0.1) is 0 Å². The van der Waals surface area contributed by atoms with Gasteiger partial charge in [0.1, 0.15) is 5.25 Å². The third-order valence-corrected chi connectivity index (χ3v) is 5.29. The van der Waals surface area contributed by atoms with Crippen molar-refractivity contribution < 1.29 is 13.2 Å². The van der Waals surface area contributed by atoms with E-state index < -0.39 is 15.3 Å². The van der Waals surface area contributed by atoms with E-state index in [2.05, 4.69) is 5.32 Å². The molecule has 0 aromatic rings. The molecule has 0 fully saturated rings. The number of thiocarbonyl (C=S) groups is 1. The van der Waals surface area contributed by atoms with Crippen LogP contribution in [0.5, 0.6) is 0 Å². The zero-order chi connectivity index (χ0) is 15.2. The predicted molar refractivity (Wildman–Crippen MR) is 80.3 cm³/mol. The Labute approximate surface area is 120 Å². The highest BCUT2D eigenvalue weighted by molar-refractivity contribution is 7.92. The molecule has 0 bridgehead atoms. The Balaban J connectivity index is 4.68. The lowest BCUT2D eigenvalue weighted by atomic mass is 10.2. The predicted octanol–water partition coefficient (Wildman–Crippen LogP) is 0.0849. The molecule has 6 nitrogen and oxygen atoms in total. The molecule has 0 radical (unpaired) electrons. The number of carbonyl (C=O) groups excluding carboxylic acids is 1. The number of nitrogens with zero attached hydrogens (tertiary/aromatic N) is 1. The summed E-state index contributed by atoms with van der Waals surface area (Å²) in [5.74, 6) is -0.0246. The first kappa shape index (κ1) is 18.3. The van der Waals surface area contributed by atoms with Gasteiger partial charge in [-0.25, -0.2) is 8.42 Å². The van der Waals surface area contributed by atoms with Crippen molar-refractivity contribution in [3.05, 3.63) is 0 Å². The minimum atomic E-state index is -3.68. The summed E-state index contributed by atoms with van der Waals surface area (Å²) in [5.41, 5.74) is 5.43. The van der Waals surface area contributed by atoms with Gasteiger partial charge in [-0.05, 0) is 12.3 Å². The maximum absolute atomic E-state index is 12.2. The molecule has 0 aliphatic rings. The molecule has 112 valence electrons. The van der Waals surface area contributed by atoms with Crippen molar-refractivity contribution in [3.8, 4) is 0 Å². The van der Waals surface area contributed by atoms with Gasteiger partial charge in [0.05, 0.1) is 11.5 Å². The van der Waals surface area contributed by atoms with Crippen LogP contribution in [0.2, 0.25) is 0 Å². The van der Waals surface area contributed by atoms with Crippen molar-refractivity contribution in [2.24, 2.45) is 11.7 Å². The molecule has 0 saturated carbocycles. The summed E-state index contributed by atoms with van der Waals surface area (Å²) in [4.78, 5) is 11.5. The summed E-state index contributed by atoms with van der Waals surface area (Å²) < 4.78 is 25.3. The Morgan fingerprint density at radius 3 is 2.32 bits per heavy atom. The van der Waals surface area contributed by atoms with Crippen molar-refractivity contribution in [2.45, 2.75) is 32.4 Å². The van der Waals surface area contributed by atoms with Crippen LogP contribution >= 0.6 is 12.2 Å². The highest BCUT2D eigenvalue weighted by Crippen LogP contribution is 2.11. The van der Waals surface area contributed by atoms with Crippen molar-refractivity contribution in [1.29, 1.82) is 0 Å². The average molecular weight is 309 g/mol. The van der Waals surface area contributed by atoms with E-state index in [4.69, 9.17) is 18.0 Å². The zero-order valence-corrected chi connectivity index (χ0v) is 13.5. The van der Waals surface area contributed by atoms with Crippen molar-refractivity contribution in [2.75, 3.05) is 20.1 Å². The van der Waals surface area contributed by atoms with Gasteiger partial charge in [0.2, 0.25) is 15.9 Å². The third kappa shape index (κ3) is 5.84. The number of amides is 1. The van der Waals surface area contributed by atoms with Crippen LogP contribution in [0.3, 0.4) is 0 Å². The van der Waals surface area contributed by atoms with Crippen molar-refractivity contribution in [3.63, 3.8) is 0 Å². The van der Waals surface area contributed by atoms with Crippen LogP contribution in [-0.4, -0.2) is 49.0 Å². The average Bonchev–Trinajstić information content (AvgIpc) is 2.26. The van der Waals surface area contributed by atoms with Gasteiger partial charge in [-0.2, -0.15) is 4.31 Å². The molecule has 1 atom stereocenters. The summed E-state index contributed by atoms with van der Waals surface area (Å²) in [6.07, 6.45) is 0.287. The van der Waals surface area contributed by atoms with E-state index in [-0.39, 0.29) is 23.9 Å². The van der Waals surface area contributed by atoms with Gasteiger partial charge >= 0.3 is 0 Å². The van der Waals surface area contributed by atoms with E-state index in [0.29, 0.717) is 12.5 Å². The Hall–Kier alpha value is -0.730. The lowest BCUT2D eigenvalue weighted by molar-refractivity contribution is -0.121. The van der Waals surface area contributed by atoms with Gasteiger partial charge in [0, 0.05) is 13.6 Å². The van der Waals surface area contributed by atoms with E-state index >= 15 is 0 Å². The van der Waals surface area contributed by atoms with Crippen LogP contribution < -0.4 is 11.1 Å². The first-order chi connectivity index (χ1) is 8.62. The molecule has 0 aliphatic carbocycles. The third-order valence-electron chi connectivity index (χ3n) is 2.56. The maximum Gasteiger partial charge on any atom is 0.235 e. The van der Waals surface area contributed by atoms with Gasteiger partial charge in [-0.1, -0.05) is 33.0 Å². The summed E-state index contributed by atoms with van der Waals surface area (Å²) >= 11 is 4.75. The molecule has 0 aromatic heterocycles. The second kappa shape index (κ2) is 7.76. The van der Waals surface area contributed by atoms with E-state index in [1.165, 1.54) is 7.05 Å². The summed E-state index contributed by atoms with van der Waals surface area (Å²) in [6, 6.07) is 0. The first-order valence-electron chi connectivity index (χ1n) is 6.14. The second-order valence-electron chi connectivity index (χ2n) is 4.80. The molecule has 1 amide bonds. The summed E-state index contributed by atoms with van der Waals surface area (Å²) in [6.45, 7) is 5.89. The SMILES string of the molecule is CCC(C(N)=S)S(=O)(=O)N(C)CC(=O)NCC(C)C. The lowest BCUT2D eigenvalue weighted by Crippen LogP contribution is -2.46. The smallest absolute Gasteiger partial charge is 0.235 e. The number of hydrogen-bond donors (Lipinski definition) is 2. The summed E-state index contributed by atoms with van der Waals surface area (Å²) in [5, 5.41) is 1.74. The maximum atomic E-state index is 12.2. The fourth-order valence-electron chi connectivity index (χ4n) is 1.44. The Morgan fingerprint density at radius 2 is 1.95 bits per heavy atom. The molecule has 0 heterocycles. The lowest BCUT2D eigenvalue weighted by Gasteiger charge is -2.22. The van der Waals surface area contributed by atoms with E-state index in [1.54, 1.807) is 6.92 Å². The van der Waals surface area contributed by atoms with Gasteiger partial charge in [0.15, 0.2) is 0 Å². The number of carbonyl (C=O) groups is 1. The quantitative estimate of drug-likeness (QED) is 0.620. The number of likely N-dealkylation sites (N-methyl/N-ethyl adjacent to an activating group) is 1. The number of nitrogens with two attached hydrogens (primary N) is 1. The molecule has 0 aromatic carbocycles. The Kier molecular flexibility index (Phi) is 7.46. The molecular formula is C11H23N3O3S2. The fourth-order valence-corrected chi connectivity index (χ4v) is 3.42. The minimum absolute atomic E-state index is 0.0723. The largest absolute Gasteiger partial charge is 0.392 e. The molecule has 1 unspecified atom stereocenters. The Morgan fingerprint density at radius 1 is 1.42 bits per heavy atom. The van der Waals surface area contributed by atoms with Gasteiger partial charge in [-0.3, -0.25) is 4.79 Å². The molecule has 0 spiro atoms. The minimum Gasteiger partial charge on any atom is -0.392 e. The fraction of sp³-hybridized carbons (Fsp3) is 0.818. The Bertz CT molecular complexity index is 421. The molecule has 0 aliphatic heterocycles. The van der Waals surface area contributed by atoms with Crippen molar-refractivity contribution in [1.82, 2.24) is 9.62 Å². The number of nitrogens with one attached hydrogen (secondary N) is 1. The van der Waals surface area contributed by atoms with E-state index in [1.807, 2.05) is 13.8 Å². The number of hydrogen-bond acceptors (Lipinski definition) is 4. The second-order valence-corrected chi connectivity index (χ2v) is 7.49. The molecule has 3 N–H and O–H groups in total. The molecule has 19 heavy (non-hydrogen) atoms. The van der Waals surface area contributed by atoms with Crippen LogP contribution in [0.4, 0.5) is 0 Å². The zero-order valence-electron chi connectivity index (χ0n) is 11.8. The summed E-state index contributed by atoms with van der Waals surface area (Å²) in [7, 11) is -2.33. The van der Waals surface area contributed by atoms with Crippen molar-refractivity contribution >= 4 is 33.1 Å². The van der Waals surface area contributed by atoms with Crippen LogP contribution in [0, 0.1) is 5.92 Å². The number of rotatable bonds is 8. The van der Waals surface area contributed by atoms with E-state index in [9.17, 15) is 13.2 Å². The van der Waals surface area contributed by atoms with E-state index in [0.717, 1.165) is 4.31 Å². The topological polar surface area (TPSA) is 92.5 Å². The van der Waals surface area contributed by atoms with Gasteiger partial charge in [0.25, 0.3) is 0 Å². The standard InChI is InChI=1S/C11H23N3O3S2/c1-5-9(11(12)18)19(16,17)14(4)7-10(15)13-6-8(2)3/h8-9H,5-7H2,1-4H3,(H2,12,18)(H,13,15). The van der Waals surface area contributed by atoms with Gasteiger partial charge < -0.3 is 11.1 Å². The molecule has 8 heteroatoms. The number of sulfonamides is 1.